The van der Waals surface area contributed by atoms with E-state index < -0.39 is 0 Å². The fourth-order valence-corrected chi connectivity index (χ4v) is 8.51. The molecule has 0 amide bonds. The summed E-state index contributed by atoms with van der Waals surface area (Å²) >= 11 is 0. The predicted octanol–water partition coefficient (Wildman–Crippen LogP) is 13.4. The minimum Gasteiger partial charge on any atom is -0.456 e. The Balaban J connectivity index is 1.00. The molecule has 12 rings (SSSR count). The first kappa shape index (κ1) is 31.5. The molecule has 0 atom stereocenters. The zero-order valence-corrected chi connectivity index (χ0v) is 30.4. The van der Waals surface area contributed by atoms with Gasteiger partial charge in [-0.25, -0.2) is 15.0 Å². The molecule has 6 nitrogen and oxygen atoms in total. The van der Waals surface area contributed by atoms with Crippen molar-refractivity contribution in [1.29, 1.82) is 0 Å². The predicted molar refractivity (Wildman–Crippen MR) is 230 cm³/mol. The highest BCUT2D eigenvalue weighted by atomic mass is 16.3. The summed E-state index contributed by atoms with van der Waals surface area (Å²) in [5.41, 5.74) is 11.5. The van der Waals surface area contributed by atoms with Crippen molar-refractivity contribution in [3.05, 3.63) is 182 Å². The summed E-state index contributed by atoms with van der Waals surface area (Å²) < 4.78 is 15.6. The van der Waals surface area contributed by atoms with Gasteiger partial charge in [0.1, 0.15) is 22.3 Å². The standard InChI is InChI=1S/C51H30N4O2/c1-3-13-31(14-4-1)49-52-50(32-15-5-2-6-16-32)54-51(53-49)33-25-27-39-45(29-33)56-43-23-11-19-37(47(39)43)38-20-12-24-44-48(38)40-28-26-34(30-46(40)57-44)55-41-21-9-7-17-35(41)36-18-8-10-22-42(36)55/h1-30H. The lowest BCUT2D eigenvalue weighted by Crippen LogP contribution is -2.00. The molecule has 0 radical (unpaired) electrons. The molecule has 57 heavy (non-hydrogen) atoms. The van der Waals surface area contributed by atoms with Crippen LogP contribution in [0.25, 0.3) is 117 Å². The van der Waals surface area contributed by atoms with Gasteiger partial charge in [-0.1, -0.05) is 127 Å². The third-order valence-electron chi connectivity index (χ3n) is 11.1. The minimum atomic E-state index is 0.584. The molecule has 266 valence electrons. The van der Waals surface area contributed by atoms with Gasteiger partial charge in [-0.15, -0.1) is 0 Å². The summed E-state index contributed by atoms with van der Waals surface area (Å²) in [6, 6.07) is 62.6. The molecule has 0 N–H and O–H groups in total. The molecule has 0 aliphatic rings. The van der Waals surface area contributed by atoms with E-state index in [0.717, 1.165) is 77.4 Å². The van der Waals surface area contributed by atoms with Crippen LogP contribution < -0.4 is 0 Å². The van der Waals surface area contributed by atoms with Crippen molar-refractivity contribution in [2.45, 2.75) is 0 Å². The Kier molecular flexibility index (Phi) is 6.83. The maximum absolute atomic E-state index is 6.65. The van der Waals surface area contributed by atoms with E-state index in [-0.39, 0.29) is 0 Å². The van der Waals surface area contributed by atoms with Crippen LogP contribution in [0, 0.1) is 0 Å². The highest BCUT2D eigenvalue weighted by molar-refractivity contribution is 6.20. The van der Waals surface area contributed by atoms with E-state index >= 15 is 0 Å². The van der Waals surface area contributed by atoms with E-state index in [0.29, 0.717) is 17.5 Å². The van der Waals surface area contributed by atoms with Crippen molar-refractivity contribution >= 4 is 65.7 Å². The Morgan fingerprint density at radius 1 is 0.333 bits per heavy atom. The minimum absolute atomic E-state index is 0.584. The molecule has 4 aromatic heterocycles. The van der Waals surface area contributed by atoms with Crippen LogP contribution in [0.3, 0.4) is 0 Å². The Morgan fingerprint density at radius 3 is 1.37 bits per heavy atom. The summed E-state index contributed by atoms with van der Waals surface area (Å²) in [6.07, 6.45) is 0. The molecule has 0 spiro atoms. The molecule has 0 unspecified atom stereocenters. The summed E-state index contributed by atoms with van der Waals surface area (Å²) in [6.45, 7) is 0. The Morgan fingerprint density at radius 2 is 0.807 bits per heavy atom. The van der Waals surface area contributed by atoms with Gasteiger partial charge in [-0.05, 0) is 59.7 Å². The number of aromatic nitrogens is 4. The smallest absolute Gasteiger partial charge is 0.164 e. The maximum Gasteiger partial charge on any atom is 0.164 e. The molecule has 0 saturated heterocycles. The van der Waals surface area contributed by atoms with Crippen molar-refractivity contribution < 1.29 is 8.83 Å². The normalized spacial score (nSPS) is 11.9. The number of furan rings is 2. The molecular weight excluding hydrogens is 701 g/mol. The molecule has 6 heteroatoms. The van der Waals surface area contributed by atoms with Gasteiger partial charge >= 0.3 is 0 Å². The van der Waals surface area contributed by atoms with Gasteiger partial charge in [0.25, 0.3) is 0 Å². The monoisotopic (exact) mass is 730 g/mol. The molecule has 0 aliphatic heterocycles. The summed E-state index contributed by atoms with van der Waals surface area (Å²) in [5, 5.41) is 6.67. The fraction of sp³-hybridized carbons (Fsp3) is 0. The quantitative estimate of drug-likeness (QED) is 0.176. The van der Waals surface area contributed by atoms with Crippen molar-refractivity contribution in [2.24, 2.45) is 0 Å². The van der Waals surface area contributed by atoms with Crippen LogP contribution in [0.5, 0.6) is 0 Å². The van der Waals surface area contributed by atoms with Crippen molar-refractivity contribution in [3.8, 4) is 51.0 Å². The number of rotatable bonds is 5. The number of hydrogen-bond acceptors (Lipinski definition) is 5. The van der Waals surface area contributed by atoms with Crippen molar-refractivity contribution in [2.75, 3.05) is 0 Å². The lowest BCUT2D eigenvalue weighted by atomic mass is 9.95. The second-order valence-electron chi connectivity index (χ2n) is 14.4. The molecule has 0 bridgehead atoms. The van der Waals surface area contributed by atoms with Crippen LogP contribution in [0.4, 0.5) is 0 Å². The summed E-state index contributed by atoms with van der Waals surface area (Å²) in [7, 11) is 0. The maximum atomic E-state index is 6.65. The molecule has 0 aliphatic carbocycles. The lowest BCUT2D eigenvalue weighted by Gasteiger charge is -2.09. The molecule has 12 aromatic rings. The van der Waals surface area contributed by atoms with Crippen LogP contribution in [-0.4, -0.2) is 19.5 Å². The molecule has 0 fully saturated rings. The van der Waals surface area contributed by atoms with Crippen molar-refractivity contribution in [3.63, 3.8) is 0 Å². The molecular formula is C51H30N4O2. The van der Waals surface area contributed by atoms with E-state index in [1.54, 1.807) is 0 Å². The fourth-order valence-electron chi connectivity index (χ4n) is 8.51. The van der Waals surface area contributed by atoms with Gasteiger partial charge in [-0.3, -0.25) is 0 Å². The topological polar surface area (TPSA) is 69.9 Å². The average Bonchev–Trinajstić information content (AvgIpc) is 3.96. The average molecular weight is 731 g/mol. The second-order valence-corrected chi connectivity index (χ2v) is 14.4. The van der Waals surface area contributed by atoms with Crippen LogP contribution in [0.15, 0.2) is 191 Å². The first-order chi connectivity index (χ1) is 28.2. The van der Waals surface area contributed by atoms with Crippen LogP contribution in [0.1, 0.15) is 0 Å². The van der Waals surface area contributed by atoms with Gasteiger partial charge in [0.2, 0.25) is 0 Å². The third-order valence-corrected chi connectivity index (χ3v) is 11.1. The van der Waals surface area contributed by atoms with E-state index in [4.69, 9.17) is 23.8 Å². The molecule has 8 aromatic carbocycles. The largest absolute Gasteiger partial charge is 0.456 e. The van der Waals surface area contributed by atoms with E-state index in [2.05, 4.69) is 114 Å². The Bertz CT molecular complexity index is 3410. The third kappa shape index (κ3) is 4.94. The van der Waals surface area contributed by atoms with Crippen LogP contribution in [-0.2, 0) is 0 Å². The van der Waals surface area contributed by atoms with Crippen LogP contribution in [0.2, 0.25) is 0 Å². The van der Waals surface area contributed by atoms with E-state index in [1.165, 1.54) is 21.8 Å². The highest BCUT2D eigenvalue weighted by Gasteiger charge is 2.20. The summed E-state index contributed by atoms with van der Waals surface area (Å²) in [4.78, 5) is 14.8. The number of para-hydroxylation sites is 2. The van der Waals surface area contributed by atoms with Gasteiger partial charge < -0.3 is 13.4 Å². The zero-order chi connectivity index (χ0) is 37.5. The number of hydrogen-bond donors (Lipinski definition) is 0. The van der Waals surface area contributed by atoms with Crippen molar-refractivity contribution in [1.82, 2.24) is 19.5 Å². The molecule has 0 saturated carbocycles. The summed E-state index contributed by atoms with van der Waals surface area (Å²) in [5.74, 6) is 1.82. The lowest BCUT2D eigenvalue weighted by molar-refractivity contribution is 0.668. The molecule has 4 heterocycles. The second kappa shape index (κ2) is 12.3. The van der Waals surface area contributed by atoms with Gasteiger partial charge in [0.15, 0.2) is 17.5 Å². The van der Waals surface area contributed by atoms with E-state index in [9.17, 15) is 0 Å². The highest BCUT2D eigenvalue weighted by Crippen LogP contribution is 2.44. The Hall–Kier alpha value is -7.83. The first-order valence-corrected chi connectivity index (χ1v) is 19.0. The first-order valence-electron chi connectivity index (χ1n) is 19.0. The van der Waals surface area contributed by atoms with Crippen LogP contribution >= 0.6 is 0 Å². The number of nitrogens with zero attached hydrogens (tertiary/aromatic N) is 4. The van der Waals surface area contributed by atoms with E-state index in [1.807, 2.05) is 72.8 Å². The van der Waals surface area contributed by atoms with Gasteiger partial charge in [0, 0.05) is 60.8 Å². The zero-order valence-electron chi connectivity index (χ0n) is 30.4. The Labute approximate surface area is 325 Å². The van der Waals surface area contributed by atoms with Gasteiger partial charge in [-0.2, -0.15) is 0 Å². The number of fused-ring (bicyclic) bond motifs is 9. The SMILES string of the molecule is c1ccc(-c2nc(-c3ccccc3)nc(-c3ccc4c(c3)oc3cccc(-c5cccc6oc7cc(-n8c9ccccc9c9ccccc98)ccc7c56)c34)n2)cc1. The number of benzene rings is 8. The van der Waals surface area contributed by atoms with Gasteiger partial charge in [0.05, 0.1) is 11.0 Å².